The van der Waals surface area contributed by atoms with Crippen molar-refractivity contribution < 1.29 is 9.53 Å². The third-order valence-corrected chi connectivity index (χ3v) is 1.98. The van der Waals surface area contributed by atoms with Crippen molar-refractivity contribution in [1.29, 1.82) is 0 Å². The summed E-state index contributed by atoms with van der Waals surface area (Å²) in [5.74, 6) is 0. The monoisotopic (exact) mass is 199 g/mol. The Morgan fingerprint density at radius 3 is 2.69 bits per heavy atom. The number of primary amides is 1. The van der Waals surface area contributed by atoms with Gasteiger partial charge in [-0.3, -0.25) is 0 Å². The Labute approximate surface area is 81.4 Å². The third-order valence-electron chi connectivity index (χ3n) is 1.64. The van der Waals surface area contributed by atoms with Crippen molar-refractivity contribution in [2.75, 3.05) is 0 Å². The first-order chi connectivity index (χ1) is 6.11. The molecule has 0 radical (unpaired) electrons. The van der Waals surface area contributed by atoms with Gasteiger partial charge in [-0.05, 0) is 13.0 Å². The van der Waals surface area contributed by atoms with E-state index < -0.39 is 12.2 Å². The van der Waals surface area contributed by atoms with Crippen LogP contribution in [0.15, 0.2) is 24.3 Å². The Kier molecular flexibility index (Phi) is 3.14. The van der Waals surface area contributed by atoms with Gasteiger partial charge < -0.3 is 10.5 Å². The zero-order valence-electron chi connectivity index (χ0n) is 7.16. The second kappa shape index (κ2) is 4.14. The van der Waals surface area contributed by atoms with Gasteiger partial charge in [0, 0.05) is 10.6 Å². The number of amides is 1. The first kappa shape index (κ1) is 9.86. The predicted molar refractivity (Wildman–Crippen MR) is 50.5 cm³/mol. The molecule has 1 amide bonds. The Bertz CT molecular complexity index is 314. The summed E-state index contributed by atoms with van der Waals surface area (Å²) < 4.78 is 4.77. The van der Waals surface area contributed by atoms with Gasteiger partial charge in [-0.25, -0.2) is 4.79 Å². The molecule has 0 aliphatic rings. The van der Waals surface area contributed by atoms with Gasteiger partial charge in [0.15, 0.2) is 0 Å². The van der Waals surface area contributed by atoms with E-state index in [1.807, 2.05) is 12.1 Å². The number of halogens is 1. The molecule has 0 saturated heterocycles. The van der Waals surface area contributed by atoms with Crippen molar-refractivity contribution in [1.82, 2.24) is 0 Å². The van der Waals surface area contributed by atoms with E-state index in [-0.39, 0.29) is 0 Å². The quantitative estimate of drug-likeness (QED) is 0.796. The molecule has 3 nitrogen and oxygen atoms in total. The summed E-state index contributed by atoms with van der Waals surface area (Å²) in [5.41, 5.74) is 5.63. The van der Waals surface area contributed by atoms with E-state index >= 15 is 0 Å². The highest BCUT2D eigenvalue weighted by molar-refractivity contribution is 6.31. The number of benzene rings is 1. The number of carbonyl (C=O) groups is 1. The highest BCUT2D eigenvalue weighted by Crippen LogP contribution is 2.24. The van der Waals surface area contributed by atoms with Gasteiger partial charge >= 0.3 is 6.09 Å². The molecule has 0 unspecified atom stereocenters. The lowest BCUT2D eigenvalue weighted by Crippen LogP contribution is -2.15. The fourth-order valence-corrected chi connectivity index (χ4v) is 1.33. The van der Waals surface area contributed by atoms with Crippen molar-refractivity contribution in [2.24, 2.45) is 5.73 Å². The van der Waals surface area contributed by atoms with E-state index in [1.54, 1.807) is 19.1 Å². The van der Waals surface area contributed by atoms with Crippen molar-refractivity contribution in [2.45, 2.75) is 13.0 Å². The van der Waals surface area contributed by atoms with Crippen molar-refractivity contribution in [3.63, 3.8) is 0 Å². The van der Waals surface area contributed by atoms with E-state index in [9.17, 15) is 4.79 Å². The molecule has 1 aromatic carbocycles. The Balaban J connectivity index is 2.82. The molecule has 0 saturated carbocycles. The summed E-state index contributed by atoms with van der Waals surface area (Å²) in [6.45, 7) is 1.71. The number of nitrogens with two attached hydrogens (primary N) is 1. The molecule has 0 spiro atoms. The van der Waals surface area contributed by atoms with Crippen LogP contribution in [0.1, 0.15) is 18.6 Å². The summed E-state index contributed by atoms with van der Waals surface area (Å²) in [7, 11) is 0. The molecule has 0 heterocycles. The predicted octanol–water partition coefficient (Wildman–Crippen LogP) is 2.50. The molecule has 0 aliphatic carbocycles. The van der Waals surface area contributed by atoms with Gasteiger partial charge in [-0.15, -0.1) is 0 Å². The van der Waals surface area contributed by atoms with Crippen molar-refractivity contribution >= 4 is 17.7 Å². The SMILES string of the molecule is C[C@@H](OC(N)=O)c1ccccc1Cl. The van der Waals surface area contributed by atoms with Crippen LogP contribution in [0.4, 0.5) is 4.79 Å². The molecule has 2 N–H and O–H groups in total. The number of hydrogen-bond acceptors (Lipinski definition) is 2. The van der Waals surface area contributed by atoms with Gasteiger partial charge in [-0.2, -0.15) is 0 Å². The van der Waals surface area contributed by atoms with E-state index in [4.69, 9.17) is 22.1 Å². The topological polar surface area (TPSA) is 52.3 Å². The molecule has 0 aliphatic heterocycles. The van der Waals surface area contributed by atoms with Crippen LogP contribution in [0.25, 0.3) is 0 Å². The van der Waals surface area contributed by atoms with Crippen LogP contribution in [-0.2, 0) is 4.74 Å². The van der Waals surface area contributed by atoms with Gasteiger partial charge in [-0.1, -0.05) is 29.8 Å². The molecule has 1 atom stereocenters. The average molecular weight is 200 g/mol. The average Bonchev–Trinajstić information content (AvgIpc) is 2.03. The fraction of sp³-hybridized carbons (Fsp3) is 0.222. The third kappa shape index (κ3) is 2.63. The van der Waals surface area contributed by atoms with Gasteiger partial charge in [0.05, 0.1) is 0 Å². The molecule has 1 aromatic rings. The van der Waals surface area contributed by atoms with E-state index in [2.05, 4.69) is 0 Å². The van der Waals surface area contributed by atoms with Crippen LogP contribution in [0.5, 0.6) is 0 Å². The number of carbonyl (C=O) groups excluding carboxylic acids is 1. The fourth-order valence-electron chi connectivity index (χ4n) is 1.04. The maximum Gasteiger partial charge on any atom is 0.405 e. The van der Waals surface area contributed by atoms with Crippen LogP contribution in [0.2, 0.25) is 5.02 Å². The zero-order valence-corrected chi connectivity index (χ0v) is 7.91. The minimum atomic E-state index is -0.799. The van der Waals surface area contributed by atoms with Crippen LogP contribution >= 0.6 is 11.6 Å². The van der Waals surface area contributed by atoms with Crippen molar-refractivity contribution in [3.05, 3.63) is 34.9 Å². The molecule has 0 aromatic heterocycles. The molecule has 13 heavy (non-hydrogen) atoms. The summed E-state index contributed by atoms with van der Waals surface area (Å²) in [4.78, 5) is 10.5. The lowest BCUT2D eigenvalue weighted by molar-refractivity contribution is 0.116. The van der Waals surface area contributed by atoms with Crippen LogP contribution in [0, 0.1) is 0 Å². The molecular formula is C9H10ClNO2. The van der Waals surface area contributed by atoms with Gasteiger partial charge in [0.25, 0.3) is 0 Å². The first-order valence-corrected chi connectivity index (χ1v) is 4.19. The second-order valence-electron chi connectivity index (χ2n) is 2.60. The summed E-state index contributed by atoms with van der Waals surface area (Å²) >= 11 is 5.87. The maximum atomic E-state index is 10.5. The Hall–Kier alpha value is -1.22. The normalized spacial score (nSPS) is 12.2. The van der Waals surface area contributed by atoms with Crippen LogP contribution in [0.3, 0.4) is 0 Å². The highest BCUT2D eigenvalue weighted by atomic mass is 35.5. The second-order valence-corrected chi connectivity index (χ2v) is 3.01. The lowest BCUT2D eigenvalue weighted by Gasteiger charge is -2.12. The van der Waals surface area contributed by atoms with E-state index in [0.717, 1.165) is 5.56 Å². The lowest BCUT2D eigenvalue weighted by atomic mass is 10.1. The highest BCUT2D eigenvalue weighted by Gasteiger charge is 2.11. The number of hydrogen-bond donors (Lipinski definition) is 1. The van der Waals surface area contributed by atoms with Gasteiger partial charge in [0.1, 0.15) is 6.10 Å². The van der Waals surface area contributed by atoms with Crippen LogP contribution < -0.4 is 5.73 Å². The molecule has 1 rings (SSSR count). The van der Waals surface area contributed by atoms with Crippen molar-refractivity contribution in [3.8, 4) is 0 Å². The molecular weight excluding hydrogens is 190 g/mol. The standard InChI is InChI=1S/C9H10ClNO2/c1-6(13-9(11)12)7-4-2-3-5-8(7)10/h2-6H,1H3,(H2,11,12)/t6-/m1/s1. The Morgan fingerprint density at radius 1 is 1.54 bits per heavy atom. The smallest absolute Gasteiger partial charge is 0.405 e. The molecule has 70 valence electrons. The first-order valence-electron chi connectivity index (χ1n) is 3.81. The Morgan fingerprint density at radius 2 is 2.15 bits per heavy atom. The zero-order chi connectivity index (χ0) is 9.84. The minimum Gasteiger partial charge on any atom is -0.442 e. The molecule has 0 bridgehead atoms. The molecule has 4 heteroatoms. The van der Waals surface area contributed by atoms with Gasteiger partial charge in [0.2, 0.25) is 0 Å². The maximum absolute atomic E-state index is 10.5. The minimum absolute atomic E-state index is 0.411. The summed E-state index contributed by atoms with van der Waals surface area (Å²) in [5, 5.41) is 0.566. The van der Waals surface area contributed by atoms with Crippen LogP contribution in [-0.4, -0.2) is 6.09 Å². The number of ether oxygens (including phenoxy) is 1. The summed E-state index contributed by atoms with van der Waals surface area (Å²) in [6.07, 6.45) is -1.21. The number of rotatable bonds is 2. The molecule has 0 fully saturated rings. The summed E-state index contributed by atoms with van der Waals surface area (Å²) in [6, 6.07) is 7.15. The van der Waals surface area contributed by atoms with E-state index in [1.165, 1.54) is 0 Å². The van der Waals surface area contributed by atoms with E-state index in [0.29, 0.717) is 5.02 Å². The largest absolute Gasteiger partial charge is 0.442 e.